The summed E-state index contributed by atoms with van der Waals surface area (Å²) in [5.74, 6) is 4.06. The number of hydrogen-bond acceptors (Lipinski definition) is 3. The van der Waals surface area contributed by atoms with Gasteiger partial charge >= 0.3 is 0 Å². The molecule has 2 aliphatic rings. The Balaban J connectivity index is 1.68. The maximum atomic E-state index is 5.69. The molecule has 3 rings (SSSR count). The predicted octanol–water partition coefficient (Wildman–Crippen LogP) is 3.88. The first-order chi connectivity index (χ1) is 8.36. The SMILES string of the molecule is ClCc1nnc(C2CCC3CCCCC3C2)o1. The Kier molecular flexibility index (Phi) is 3.37. The molecule has 4 heteroatoms. The largest absolute Gasteiger partial charge is 0.424 e. The van der Waals surface area contributed by atoms with Gasteiger partial charge in [-0.2, -0.15) is 0 Å². The van der Waals surface area contributed by atoms with Gasteiger partial charge < -0.3 is 4.42 Å². The van der Waals surface area contributed by atoms with E-state index in [1.165, 1.54) is 44.9 Å². The first-order valence-corrected chi connectivity index (χ1v) is 7.28. The lowest BCUT2D eigenvalue weighted by molar-refractivity contribution is 0.145. The molecule has 0 bridgehead atoms. The normalized spacial score (nSPS) is 33.4. The van der Waals surface area contributed by atoms with Gasteiger partial charge in [0.2, 0.25) is 11.8 Å². The Bertz CT molecular complexity index is 379. The number of halogens is 1. The van der Waals surface area contributed by atoms with Crippen molar-refractivity contribution in [2.75, 3.05) is 0 Å². The molecule has 1 aromatic heterocycles. The highest BCUT2D eigenvalue weighted by atomic mass is 35.5. The first-order valence-electron chi connectivity index (χ1n) is 6.75. The summed E-state index contributed by atoms with van der Waals surface area (Å²) in [6.45, 7) is 0. The van der Waals surface area contributed by atoms with E-state index in [0.717, 1.165) is 17.7 Å². The third-order valence-electron chi connectivity index (χ3n) is 4.49. The topological polar surface area (TPSA) is 38.9 Å². The second kappa shape index (κ2) is 4.97. The summed E-state index contributed by atoms with van der Waals surface area (Å²) in [6.07, 6.45) is 9.48. The molecule has 3 nitrogen and oxygen atoms in total. The van der Waals surface area contributed by atoms with Crippen LogP contribution in [0.2, 0.25) is 0 Å². The summed E-state index contributed by atoms with van der Waals surface area (Å²) in [7, 11) is 0. The standard InChI is InChI=1S/C13H19ClN2O/c14-8-12-15-16-13(17-12)11-6-5-9-3-1-2-4-10(9)7-11/h9-11H,1-8H2. The van der Waals surface area contributed by atoms with Gasteiger partial charge in [0.1, 0.15) is 5.88 Å². The van der Waals surface area contributed by atoms with Gasteiger partial charge in [-0.05, 0) is 31.1 Å². The molecule has 3 atom stereocenters. The lowest BCUT2D eigenvalue weighted by Crippen LogP contribution is -2.26. The molecule has 1 aromatic rings. The van der Waals surface area contributed by atoms with E-state index in [-0.39, 0.29) is 0 Å². The van der Waals surface area contributed by atoms with Crippen LogP contribution in [-0.2, 0) is 5.88 Å². The molecule has 17 heavy (non-hydrogen) atoms. The molecule has 2 aliphatic carbocycles. The minimum Gasteiger partial charge on any atom is -0.424 e. The van der Waals surface area contributed by atoms with Crippen molar-refractivity contribution in [2.24, 2.45) is 11.8 Å². The number of aromatic nitrogens is 2. The summed E-state index contributed by atoms with van der Waals surface area (Å²) in [5.41, 5.74) is 0. The minimum absolute atomic E-state index is 0.325. The van der Waals surface area contributed by atoms with Gasteiger partial charge in [-0.25, -0.2) is 0 Å². The number of fused-ring (bicyclic) bond motifs is 1. The maximum Gasteiger partial charge on any atom is 0.231 e. The van der Waals surface area contributed by atoms with Crippen LogP contribution in [-0.4, -0.2) is 10.2 Å². The van der Waals surface area contributed by atoms with E-state index in [2.05, 4.69) is 10.2 Å². The van der Waals surface area contributed by atoms with E-state index in [9.17, 15) is 0 Å². The molecule has 0 aliphatic heterocycles. The molecule has 0 amide bonds. The highest BCUT2D eigenvalue weighted by molar-refractivity contribution is 6.16. The Hall–Kier alpha value is -0.570. The van der Waals surface area contributed by atoms with E-state index >= 15 is 0 Å². The van der Waals surface area contributed by atoms with Crippen LogP contribution < -0.4 is 0 Å². The minimum atomic E-state index is 0.325. The average Bonchev–Trinajstić information content (AvgIpc) is 2.87. The van der Waals surface area contributed by atoms with Crippen molar-refractivity contribution in [3.8, 4) is 0 Å². The highest BCUT2D eigenvalue weighted by Crippen LogP contribution is 2.45. The van der Waals surface area contributed by atoms with Gasteiger partial charge in [0.25, 0.3) is 0 Å². The zero-order valence-corrected chi connectivity index (χ0v) is 10.8. The van der Waals surface area contributed by atoms with Crippen LogP contribution in [0.1, 0.15) is 62.6 Å². The van der Waals surface area contributed by atoms with Gasteiger partial charge in [-0.3, -0.25) is 0 Å². The smallest absolute Gasteiger partial charge is 0.231 e. The van der Waals surface area contributed by atoms with Crippen molar-refractivity contribution in [1.82, 2.24) is 10.2 Å². The Labute approximate surface area is 107 Å². The highest BCUT2D eigenvalue weighted by Gasteiger charge is 2.34. The van der Waals surface area contributed by atoms with Crippen LogP contribution in [0.15, 0.2) is 4.42 Å². The van der Waals surface area contributed by atoms with Crippen LogP contribution in [0.25, 0.3) is 0 Å². The van der Waals surface area contributed by atoms with Crippen molar-refractivity contribution < 1.29 is 4.42 Å². The van der Waals surface area contributed by atoms with E-state index in [1.54, 1.807) is 0 Å². The van der Waals surface area contributed by atoms with E-state index in [1.807, 2.05) is 0 Å². The van der Waals surface area contributed by atoms with Gasteiger partial charge in [-0.15, -0.1) is 21.8 Å². The van der Waals surface area contributed by atoms with Crippen LogP contribution in [0.5, 0.6) is 0 Å². The van der Waals surface area contributed by atoms with Gasteiger partial charge in [0.15, 0.2) is 0 Å². The summed E-state index contributed by atoms with van der Waals surface area (Å²) in [4.78, 5) is 0. The summed E-state index contributed by atoms with van der Waals surface area (Å²) < 4.78 is 5.60. The predicted molar refractivity (Wildman–Crippen MR) is 65.9 cm³/mol. The fraction of sp³-hybridized carbons (Fsp3) is 0.846. The number of rotatable bonds is 2. The van der Waals surface area contributed by atoms with Crippen LogP contribution in [0.3, 0.4) is 0 Å². The summed E-state index contributed by atoms with van der Waals surface area (Å²) >= 11 is 5.69. The lowest BCUT2D eigenvalue weighted by atomic mass is 9.67. The van der Waals surface area contributed by atoms with Crippen molar-refractivity contribution in [2.45, 2.75) is 56.7 Å². The molecule has 0 saturated heterocycles. The Morgan fingerprint density at radius 2 is 1.88 bits per heavy atom. The quantitative estimate of drug-likeness (QED) is 0.752. The molecular formula is C13H19ClN2O. The Morgan fingerprint density at radius 3 is 2.65 bits per heavy atom. The second-order valence-corrected chi connectivity index (χ2v) is 5.75. The van der Waals surface area contributed by atoms with Gasteiger partial charge in [0, 0.05) is 5.92 Å². The molecule has 2 saturated carbocycles. The fourth-order valence-corrected chi connectivity index (χ4v) is 3.69. The van der Waals surface area contributed by atoms with Crippen LogP contribution in [0, 0.1) is 11.8 Å². The lowest BCUT2D eigenvalue weighted by Gasteiger charge is -2.38. The molecule has 0 radical (unpaired) electrons. The first kappa shape index (κ1) is 11.5. The van der Waals surface area contributed by atoms with E-state index < -0.39 is 0 Å². The van der Waals surface area contributed by atoms with Gasteiger partial charge in [0.05, 0.1) is 0 Å². The van der Waals surface area contributed by atoms with Crippen molar-refractivity contribution >= 4 is 11.6 Å². The fourth-order valence-electron chi connectivity index (χ4n) is 3.58. The maximum absolute atomic E-state index is 5.69. The third kappa shape index (κ3) is 2.35. The Morgan fingerprint density at radius 1 is 1.06 bits per heavy atom. The molecule has 2 fully saturated rings. The van der Waals surface area contributed by atoms with Crippen molar-refractivity contribution in [1.29, 1.82) is 0 Å². The third-order valence-corrected chi connectivity index (χ3v) is 4.71. The molecule has 1 heterocycles. The summed E-state index contributed by atoms with van der Waals surface area (Å²) in [5, 5.41) is 8.11. The van der Waals surface area contributed by atoms with E-state index in [0.29, 0.717) is 17.7 Å². The number of nitrogens with zero attached hydrogens (tertiary/aromatic N) is 2. The molecular weight excluding hydrogens is 236 g/mol. The zero-order chi connectivity index (χ0) is 11.7. The molecule has 0 N–H and O–H groups in total. The number of hydrogen-bond donors (Lipinski definition) is 0. The molecule has 3 unspecified atom stereocenters. The molecule has 94 valence electrons. The molecule has 0 aromatic carbocycles. The number of alkyl halides is 1. The van der Waals surface area contributed by atoms with Crippen LogP contribution in [0.4, 0.5) is 0 Å². The monoisotopic (exact) mass is 254 g/mol. The molecule has 0 spiro atoms. The summed E-state index contributed by atoms with van der Waals surface area (Å²) in [6, 6.07) is 0. The van der Waals surface area contributed by atoms with Crippen molar-refractivity contribution in [3.63, 3.8) is 0 Å². The van der Waals surface area contributed by atoms with Crippen molar-refractivity contribution in [3.05, 3.63) is 11.8 Å². The van der Waals surface area contributed by atoms with Crippen LogP contribution >= 0.6 is 11.6 Å². The van der Waals surface area contributed by atoms with E-state index in [4.69, 9.17) is 16.0 Å². The second-order valence-electron chi connectivity index (χ2n) is 5.48. The average molecular weight is 255 g/mol. The van der Waals surface area contributed by atoms with Gasteiger partial charge in [-0.1, -0.05) is 25.7 Å². The zero-order valence-electron chi connectivity index (χ0n) is 10.1.